The molecule has 0 spiro atoms. The smallest absolute Gasteiger partial charge is 0.227 e. The van der Waals surface area contributed by atoms with Crippen LogP contribution in [0.3, 0.4) is 0 Å². The van der Waals surface area contributed by atoms with Crippen molar-refractivity contribution < 1.29 is 9.53 Å². The third-order valence-electron chi connectivity index (χ3n) is 4.65. The van der Waals surface area contributed by atoms with Gasteiger partial charge in [0.25, 0.3) is 0 Å². The van der Waals surface area contributed by atoms with E-state index in [9.17, 15) is 4.79 Å². The van der Waals surface area contributed by atoms with Gasteiger partial charge < -0.3 is 9.64 Å². The number of amides is 1. The summed E-state index contributed by atoms with van der Waals surface area (Å²) in [5.74, 6) is 0.994. The Morgan fingerprint density at radius 3 is 3.00 bits per heavy atom. The normalized spacial score (nSPS) is 12.9. The summed E-state index contributed by atoms with van der Waals surface area (Å²) in [6.07, 6.45) is 2.09. The summed E-state index contributed by atoms with van der Waals surface area (Å²) in [5, 5.41) is 3.00. The van der Waals surface area contributed by atoms with E-state index in [2.05, 4.69) is 6.07 Å². The van der Waals surface area contributed by atoms with E-state index in [1.54, 1.807) is 18.4 Å². The van der Waals surface area contributed by atoms with Crippen LogP contribution in [0, 0.1) is 0 Å². The predicted octanol–water partition coefficient (Wildman–Crippen LogP) is 4.34. The average molecular weight is 364 g/mol. The van der Waals surface area contributed by atoms with Crippen LogP contribution in [0.15, 0.2) is 53.9 Å². The Hall–Kier alpha value is -2.66. The molecule has 0 bridgehead atoms. The summed E-state index contributed by atoms with van der Waals surface area (Å²) in [6.45, 7) is 0.782. The van der Waals surface area contributed by atoms with Crippen LogP contribution in [0.25, 0.3) is 10.6 Å². The minimum atomic E-state index is 0.172. The Balaban J connectivity index is 1.41. The van der Waals surface area contributed by atoms with Gasteiger partial charge in [-0.05, 0) is 36.6 Å². The van der Waals surface area contributed by atoms with Crippen molar-refractivity contribution in [1.82, 2.24) is 4.98 Å². The molecule has 2 heterocycles. The monoisotopic (exact) mass is 364 g/mol. The molecule has 0 aliphatic carbocycles. The zero-order valence-corrected chi connectivity index (χ0v) is 15.5. The molecule has 0 fully saturated rings. The van der Waals surface area contributed by atoms with Crippen LogP contribution in [0.4, 0.5) is 5.69 Å². The molecule has 0 saturated heterocycles. The van der Waals surface area contributed by atoms with Crippen LogP contribution >= 0.6 is 11.3 Å². The molecule has 0 radical (unpaired) electrons. The van der Waals surface area contributed by atoms with Gasteiger partial charge in [0.2, 0.25) is 5.91 Å². The third-order valence-corrected chi connectivity index (χ3v) is 5.59. The molecule has 2 aromatic carbocycles. The molecule has 1 aromatic heterocycles. The van der Waals surface area contributed by atoms with Crippen molar-refractivity contribution in [1.29, 1.82) is 0 Å². The van der Waals surface area contributed by atoms with Crippen LogP contribution in [0.1, 0.15) is 17.7 Å². The molecule has 0 atom stereocenters. The van der Waals surface area contributed by atoms with Crippen LogP contribution < -0.4 is 9.64 Å². The van der Waals surface area contributed by atoms with Crippen molar-refractivity contribution in [3.8, 4) is 16.3 Å². The van der Waals surface area contributed by atoms with Crippen LogP contribution in [-0.4, -0.2) is 24.5 Å². The van der Waals surface area contributed by atoms with Crippen molar-refractivity contribution in [3.05, 3.63) is 65.2 Å². The Morgan fingerprint density at radius 2 is 2.12 bits per heavy atom. The second kappa shape index (κ2) is 7.30. The first-order chi connectivity index (χ1) is 12.7. The van der Waals surface area contributed by atoms with Crippen LogP contribution in [0.5, 0.6) is 5.75 Å². The highest BCUT2D eigenvalue weighted by atomic mass is 32.1. The summed E-state index contributed by atoms with van der Waals surface area (Å²) in [7, 11) is 1.66. The summed E-state index contributed by atoms with van der Waals surface area (Å²) in [6, 6.07) is 16.0. The highest BCUT2D eigenvalue weighted by Crippen LogP contribution is 2.29. The molecule has 4 rings (SSSR count). The van der Waals surface area contributed by atoms with E-state index in [-0.39, 0.29) is 5.91 Å². The zero-order chi connectivity index (χ0) is 17.9. The van der Waals surface area contributed by atoms with E-state index in [0.717, 1.165) is 40.7 Å². The highest BCUT2D eigenvalue weighted by molar-refractivity contribution is 7.13. The zero-order valence-electron chi connectivity index (χ0n) is 14.6. The van der Waals surface area contributed by atoms with Gasteiger partial charge in [0.15, 0.2) is 0 Å². The number of hydrogen-bond donors (Lipinski definition) is 0. The van der Waals surface area contributed by atoms with Gasteiger partial charge in [-0.15, -0.1) is 11.3 Å². The number of carbonyl (C=O) groups excluding carboxylic acids is 1. The lowest BCUT2D eigenvalue weighted by atomic mass is 10.2. The maximum Gasteiger partial charge on any atom is 0.227 e. The summed E-state index contributed by atoms with van der Waals surface area (Å²) in [5.41, 5.74) is 4.33. The third kappa shape index (κ3) is 3.35. The standard InChI is InChI=1S/C21H20N2O2S/c1-25-18-7-4-6-16(13-18)21-22-17(14-26-21)9-10-20(24)23-12-11-15-5-2-3-8-19(15)23/h2-8,13-14H,9-12H2,1H3. The first-order valence-corrected chi connectivity index (χ1v) is 9.59. The first-order valence-electron chi connectivity index (χ1n) is 8.72. The Bertz CT molecular complexity index is 935. The fourth-order valence-electron chi connectivity index (χ4n) is 3.28. The van der Waals surface area contributed by atoms with E-state index in [0.29, 0.717) is 12.8 Å². The second-order valence-electron chi connectivity index (χ2n) is 6.30. The average Bonchev–Trinajstić information content (AvgIpc) is 3.33. The second-order valence-corrected chi connectivity index (χ2v) is 7.16. The van der Waals surface area contributed by atoms with Gasteiger partial charge in [0.1, 0.15) is 10.8 Å². The number of thiazole rings is 1. The fourth-order valence-corrected chi connectivity index (χ4v) is 4.13. The van der Waals surface area contributed by atoms with Crippen LogP contribution in [-0.2, 0) is 17.6 Å². The number of fused-ring (bicyclic) bond motifs is 1. The lowest BCUT2D eigenvalue weighted by Gasteiger charge is -2.16. The lowest BCUT2D eigenvalue weighted by molar-refractivity contribution is -0.118. The van der Waals surface area contributed by atoms with E-state index in [1.165, 1.54) is 5.56 Å². The molecule has 0 unspecified atom stereocenters. The molecule has 0 N–H and O–H groups in total. The largest absolute Gasteiger partial charge is 0.497 e. The van der Waals surface area contributed by atoms with E-state index >= 15 is 0 Å². The minimum absolute atomic E-state index is 0.172. The summed E-state index contributed by atoms with van der Waals surface area (Å²) in [4.78, 5) is 19.2. The number of aromatic nitrogens is 1. The number of aryl methyl sites for hydroxylation is 1. The molecule has 1 aliphatic rings. The first kappa shape index (κ1) is 16.8. The number of rotatable bonds is 5. The topological polar surface area (TPSA) is 42.4 Å². The molecular weight excluding hydrogens is 344 g/mol. The highest BCUT2D eigenvalue weighted by Gasteiger charge is 2.23. The molecule has 132 valence electrons. The molecule has 0 saturated carbocycles. The van der Waals surface area contributed by atoms with Gasteiger partial charge >= 0.3 is 0 Å². The molecule has 3 aromatic rings. The van der Waals surface area contributed by atoms with Gasteiger partial charge in [0, 0.05) is 29.6 Å². The maximum atomic E-state index is 12.6. The number of anilines is 1. The molecule has 4 nitrogen and oxygen atoms in total. The Labute approximate surface area is 157 Å². The van der Waals surface area contributed by atoms with Gasteiger partial charge in [-0.1, -0.05) is 30.3 Å². The van der Waals surface area contributed by atoms with Gasteiger partial charge in [-0.3, -0.25) is 4.79 Å². The number of ether oxygens (including phenoxy) is 1. The number of carbonyl (C=O) groups is 1. The number of benzene rings is 2. The van der Waals surface area contributed by atoms with Gasteiger partial charge in [-0.25, -0.2) is 4.98 Å². The molecule has 5 heteroatoms. The quantitative estimate of drug-likeness (QED) is 0.676. The molecule has 1 amide bonds. The number of para-hydroxylation sites is 1. The van der Waals surface area contributed by atoms with E-state index in [4.69, 9.17) is 9.72 Å². The Kier molecular flexibility index (Phi) is 4.71. The fraction of sp³-hybridized carbons (Fsp3) is 0.238. The van der Waals surface area contributed by atoms with Crippen molar-refractivity contribution in [3.63, 3.8) is 0 Å². The van der Waals surface area contributed by atoms with Crippen molar-refractivity contribution in [2.75, 3.05) is 18.6 Å². The molecular formula is C21H20N2O2S. The van der Waals surface area contributed by atoms with E-state index < -0.39 is 0 Å². The van der Waals surface area contributed by atoms with Crippen molar-refractivity contribution in [2.24, 2.45) is 0 Å². The number of hydrogen-bond acceptors (Lipinski definition) is 4. The van der Waals surface area contributed by atoms with E-state index in [1.807, 2.05) is 52.7 Å². The summed E-state index contributed by atoms with van der Waals surface area (Å²) < 4.78 is 5.27. The lowest BCUT2D eigenvalue weighted by Crippen LogP contribution is -2.29. The maximum absolute atomic E-state index is 12.6. The number of methoxy groups -OCH3 is 1. The predicted molar refractivity (Wildman–Crippen MR) is 105 cm³/mol. The Morgan fingerprint density at radius 1 is 1.23 bits per heavy atom. The molecule has 26 heavy (non-hydrogen) atoms. The van der Waals surface area contributed by atoms with Crippen molar-refractivity contribution in [2.45, 2.75) is 19.3 Å². The summed E-state index contributed by atoms with van der Waals surface area (Å²) >= 11 is 1.60. The SMILES string of the molecule is COc1cccc(-c2nc(CCC(=O)N3CCc4ccccc43)cs2)c1. The van der Waals surface area contributed by atoms with Crippen molar-refractivity contribution >= 4 is 22.9 Å². The van der Waals surface area contributed by atoms with Gasteiger partial charge in [-0.2, -0.15) is 0 Å². The minimum Gasteiger partial charge on any atom is -0.497 e. The molecule has 1 aliphatic heterocycles. The van der Waals surface area contributed by atoms with Crippen LogP contribution in [0.2, 0.25) is 0 Å². The number of nitrogens with zero attached hydrogens (tertiary/aromatic N) is 2. The van der Waals surface area contributed by atoms with Gasteiger partial charge in [0.05, 0.1) is 12.8 Å².